The molecule has 1 heterocycles. The number of aliphatic hydroxyl groups excluding tert-OH is 1. The summed E-state index contributed by atoms with van der Waals surface area (Å²) < 4.78 is 0. The first-order valence-corrected chi connectivity index (χ1v) is 3.86. The third kappa shape index (κ3) is 1.94. The largest absolute Gasteiger partial charge is 0.396 e. The summed E-state index contributed by atoms with van der Waals surface area (Å²) in [5.74, 6) is 0. The van der Waals surface area contributed by atoms with Gasteiger partial charge in [-0.15, -0.1) is 0 Å². The average Bonchev–Trinajstić information content (AvgIpc) is 1.94. The van der Waals surface area contributed by atoms with E-state index in [2.05, 4.69) is 17.3 Å². The fourth-order valence-electron chi connectivity index (χ4n) is 1.33. The molecule has 3 nitrogen and oxygen atoms in total. The number of rotatable bonds is 2. The smallest absolute Gasteiger partial charge is 0.0446 e. The molecule has 1 unspecified atom stereocenters. The Morgan fingerprint density at radius 1 is 1.70 bits per heavy atom. The maximum absolute atomic E-state index is 8.68. The van der Waals surface area contributed by atoms with Crippen LogP contribution in [-0.2, 0) is 0 Å². The summed E-state index contributed by atoms with van der Waals surface area (Å²) in [5, 5.41) is 12.0. The number of nitrogens with one attached hydrogen (secondary N) is 1. The third-order valence-electron chi connectivity index (χ3n) is 2.11. The summed E-state index contributed by atoms with van der Waals surface area (Å²) in [6.07, 6.45) is 0.892. The van der Waals surface area contributed by atoms with Crippen LogP contribution in [0.15, 0.2) is 0 Å². The van der Waals surface area contributed by atoms with Crippen LogP contribution in [0.25, 0.3) is 0 Å². The molecule has 0 bridgehead atoms. The lowest BCUT2D eigenvalue weighted by molar-refractivity contribution is 0.158. The molecule has 2 N–H and O–H groups in total. The Hall–Kier alpha value is -0.120. The second kappa shape index (κ2) is 3.91. The van der Waals surface area contributed by atoms with Crippen molar-refractivity contribution < 1.29 is 5.11 Å². The van der Waals surface area contributed by atoms with Gasteiger partial charge in [-0.05, 0) is 13.5 Å². The van der Waals surface area contributed by atoms with E-state index in [1.54, 1.807) is 0 Å². The molecule has 1 saturated heterocycles. The lowest BCUT2D eigenvalue weighted by atomic mass is 10.1. The molecule has 1 rings (SSSR count). The van der Waals surface area contributed by atoms with Crippen LogP contribution >= 0.6 is 0 Å². The molecule has 0 aromatic rings. The summed E-state index contributed by atoms with van der Waals surface area (Å²) in [6, 6.07) is 0.541. The molecule has 1 fully saturated rings. The Morgan fingerprint density at radius 2 is 2.50 bits per heavy atom. The van der Waals surface area contributed by atoms with Gasteiger partial charge in [0.15, 0.2) is 0 Å². The number of hydrogen-bond donors (Lipinski definition) is 2. The van der Waals surface area contributed by atoms with E-state index in [4.69, 9.17) is 5.11 Å². The minimum Gasteiger partial charge on any atom is -0.396 e. The summed E-state index contributed by atoms with van der Waals surface area (Å²) in [7, 11) is 2.11. The van der Waals surface area contributed by atoms with Crippen LogP contribution in [0.2, 0.25) is 0 Å². The molecule has 1 aliphatic heterocycles. The monoisotopic (exact) mass is 144 g/mol. The minimum absolute atomic E-state index is 0.302. The predicted molar refractivity (Wildman–Crippen MR) is 41.0 cm³/mol. The van der Waals surface area contributed by atoms with Gasteiger partial charge in [0.2, 0.25) is 0 Å². The highest BCUT2D eigenvalue weighted by Crippen LogP contribution is 2.02. The number of likely N-dealkylation sites (N-methyl/N-ethyl adjacent to an activating group) is 1. The first kappa shape index (κ1) is 7.98. The van der Waals surface area contributed by atoms with Gasteiger partial charge in [-0.2, -0.15) is 0 Å². The highest BCUT2D eigenvalue weighted by molar-refractivity contribution is 4.76. The normalized spacial score (nSPS) is 28.8. The van der Waals surface area contributed by atoms with Gasteiger partial charge in [0.25, 0.3) is 0 Å². The van der Waals surface area contributed by atoms with Crippen LogP contribution in [-0.4, -0.2) is 49.3 Å². The molecule has 0 aromatic carbocycles. The van der Waals surface area contributed by atoms with Crippen LogP contribution in [0, 0.1) is 0 Å². The zero-order chi connectivity index (χ0) is 7.40. The maximum atomic E-state index is 8.68. The SMILES string of the molecule is CN1CCNCC1CCO. The fourth-order valence-corrected chi connectivity index (χ4v) is 1.33. The number of nitrogens with zero attached hydrogens (tertiary/aromatic N) is 1. The van der Waals surface area contributed by atoms with Crippen molar-refractivity contribution in [3.63, 3.8) is 0 Å². The molecule has 1 aliphatic rings. The van der Waals surface area contributed by atoms with Gasteiger partial charge in [-0.3, -0.25) is 0 Å². The zero-order valence-corrected chi connectivity index (χ0v) is 6.51. The summed E-state index contributed by atoms with van der Waals surface area (Å²) in [6.45, 7) is 3.51. The van der Waals surface area contributed by atoms with Crippen molar-refractivity contribution in [2.24, 2.45) is 0 Å². The molecule has 1 atom stereocenters. The van der Waals surface area contributed by atoms with E-state index in [-0.39, 0.29) is 0 Å². The Kier molecular flexibility index (Phi) is 3.12. The molecule has 0 aromatic heterocycles. The van der Waals surface area contributed by atoms with E-state index in [0.717, 1.165) is 26.1 Å². The van der Waals surface area contributed by atoms with Gasteiger partial charge >= 0.3 is 0 Å². The van der Waals surface area contributed by atoms with E-state index in [1.165, 1.54) is 0 Å². The standard InChI is InChI=1S/C7H16N2O/c1-9-4-3-8-6-7(9)2-5-10/h7-8,10H,2-6H2,1H3. The number of hydrogen-bond acceptors (Lipinski definition) is 3. The average molecular weight is 144 g/mol. The Bertz CT molecular complexity index is 95.6. The van der Waals surface area contributed by atoms with Crippen molar-refractivity contribution >= 4 is 0 Å². The van der Waals surface area contributed by atoms with Crippen LogP contribution in [0.1, 0.15) is 6.42 Å². The van der Waals surface area contributed by atoms with Gasteiger partial charge in [0, 0.05) is 32.3 Å². The molecular formula is C7H16N2O. The van der Waals surface area contributed by atoms with Crippen LogP contribution in [0.5, 0.6) is 0 Å². The summed E-state index contributed by atoms with van der Waals surface area (Å²) in [5.41, 5.74) is 0. The second-order valence-electron chi connectivity index (χ2n) is 2.85. The fraction of sp³-hybridized carbons (Fsp3) is 1.00. The number of piperazine rings is 1. The second-order valence-corrected chi connectivity index (χ2v) is 2.85. The summed E-state index contributed by atoms with van der Waals surface area (Å²) in [4.78, 5) is 2.30. The van der Waals surface area contributed by atoms with Crippen LogP contribution in [0.3, 0.4) is 0 Å². The summed E-state index contributed by atoms with van der Waals surface area (Å²) >= 11 is 0. The van der Waals surface area contributed by atoms with E-state index in [0.29, 0.717) is 12.6 Å². The lowest BCUT2D eigenvalue weighted by Gasteiger charge is -2.32. The van der Waals surface area contributed by atoms with E-state index >= 15 is 0 Å². The Labute approximate surface area is 62.0 Å². The third-order valence-corrected chi connectivity index (χ3v) is 2.11. The van der Waals surface area contributed by atoms with Gasteiger partial charge in [-0.25, -0.2) is 0 Å². The molecule has 0 radical (unpaired) electrons. The Balaban J connectivity index is 2.25. The minimum atomic E-state index is 0.302. The van der Waals surface area contributed by atoms with Crippen molar-refractivity contribution in [3.8, 4) is 0 Å². The highest BCUT2D eigenvalue weighted by Gasteiger charge is 2.16. The van der Waals surface area contributed by atoms with Gasteiger partial charge < -0.3 is 15.3 Å². The van der Waals surface area contributed by atoms with E-state index in [1.807, 2.05) is 0 Å². The quantitative estimate of drug-likeness (QED) is 0.536. The molecule has 0 amide bonds. The van der Waals surface area contributed by atoms with Crippen molar-refractivity contribution in [1.82, 2.24) is 10.2 Å². The van der Waals surface area contributed by atoms with Crippen molar-refractivity contribution in [2.75, 3.05) is 33.3 Å². The Morgan fingerprint density at radius 3 is 3.10 bits per heavy atom. The topological polar surface area (TPSA) is 35.5 Å². The molecule has 60 valence electrons. The molecular weight excluding hydrogens is 128 g/mol. The molecule has 10 heavy (non-hydrogen) atoms. The van der Waals surface area contributed by atoms with Gasteiger partial charge in [0.1, 0.15) is 0 Å². The van der Waals surface area contributed by atoms with Crippen molar-refractivity contribution in [2.45, 2.75) is 12.5 Å². The molecule has 0 aliphatic carbocycles. The zero-order valence-electron chi connectivity index (χ0n) is 6.51. The van der Waals surface area contributed by atoms with Crippen molar-refractivity contribution in [3.05, 3.63) is 0 Å². The maximum Gasteiger partial charge on any atom is 0.0446 e. The van der Waals surface area contributed by atoms with E-state index in [9.17, 15) is 0 Å². The van der Waals surface area contributed by atoms with Gasteiger partial charge in [-0.1, -0.05) is 0 Å². The predicted octanol–water partition coefficient (Wildman–Crippen LogP) is -0.728. The lowest BCUT2D eigenvalue weighted by Crippen LogP contribution is -2.49. The van der Waals surface area contributed by atoms with Crippen LogP contribution in [0.4, 0.5) is 0 Å². The highest BCUT2D eigenvalue weighted by atomic mass is 16.3. The molecule has 0 saturated carbocycles. The van der Waals surface area contributed by atoms with Crippen LogP contribution < -0.4 is 5.32 Å². The first-order chi connectivity index (χ1) is 4.84. The van der Waals surface area contributed by atoms with E-state index < -0.39 is 0 Å². The first-order valence-electron chi connectivity index (χ1n) is 3.86. The number of aliphatic hydroxyl groups is 1. The van der Waals surface area contributed by atoms with Gasteiger partial charge in [0.05, 0.1) is 0 Å². The molecule has 0 spiro atoms. The van der Waals surface area contributed by atoms with Crippen molar-refractivity contribution in [1.29, 1.82) is 0 Å². The molecule has 3 heteroatoms.